The summed E-state index contributed by atoms with van der Waals surface area (Å²) in [6, 6.07) is 0.631. The largest absolute Gasteiger partial charge is 0.417 e. The minimum Gasteiger partial charge on any atom is -0.376 e. The fourth-order valence-corrected chi connectivity index (χ4v) is 4.36. The van der Waals surface area contributed by atoms with Crippen molar-refractivity contribution < 1.29 is 14.3 Å². The van der Waals surface area contributed by atoms with Gasteiger partial charge in [-0.15, -0.1) is 24.8 Å². The number of rotatable bonds is 5. The molecule has 9 heteroatoms. The number of hydrogen-bond acceptors (Lipinski definition) is 6. The summed E-state index contributed by atoms with van der Waals surface area (Å²) in [6.07, 6.45) is 6.51. The normalized spacial score (nSPS) is 22.1. The van der Waals surface area contributed by atoms with Crippen LogP contribution in [0, 0.1) is 5.92 Å². The van der Waals surface area contributed by atoms with Gasteiger partial charge in [0.1, 0.15) is 0 Å². The predicted molar refractivity (Wildman–Crippen MR) is 114 cm³/mol. The number of ether oxygens (including phenoxy) is 1. The second-order valence-corrected chi connectivity index (χ2v) is 7.83. The van der Waals surface area contributed by atoms with E-state index in [1.807, 2.05) is 0 Å². The molecule has 0 unspecified atom stereocenters. The highest BCUT2D eigenvalue weighted by molar-refractivity contribution is 5.85. The molecule has 3 saturated heterocycles. The van der Waals surface area contributed by atoms with Crippen LogP contribution in [0.15, 0.2) is 0 Å². The third-order valence-corrected chi connectivity index (χ3v) is 6.05. The van der Waals surface area contributed by atoms with Gasteiger partial charge in [0.15, 0.2) is 0 Å². The molecule has 7 nitrogen and oxygen atoms in total. The lowest BCUT2D eigenvalue weighted by Crippen LogP contribution is -2.54. The number of piperazine rings is 1. The number of carbonyl (C=O) groups excluding carboxylic acids is 2. The molecule has 3 aliphatic rings. The molecule has 0 aromatic heterocycles. The van der Waals surface area contributed by atoms with E-state index in [1.165, 1.54) is 25.7 Å². The highest BCUT2D eigenvalue weighted by Gasteiger charge is 2.28. The molecule has 3 heterocycles. The summed E-state index contributed by atoms with van der Waals surface area (Å²) < 4.78 is 5.07. The Morgan fingerprint density at radius 1 is 0.857 bits per heavy atom. The number of hydrogen-bond donors (Lipinski definition) is 2. The van der Waals surface area contributed by atoms with Gasteiger partial charge in [-0.05, 0) is 70.6 Å². The number of nitrogens with one attached hydrogen (secondary N) is 2. The Kier molecular flexibility index (Phi) is 12.3. The van der Waals surface area contributed by atoms with Gasteiger partial charge in [0.25, 0.3) is 0 Å². The number of esters is 1. The minimum atomic E-state index is -0.457. The molecule has 1 amide bonds. The number of nitrogens with zero attached hydrogens (tertiary/aromatic N) is 2. The van der Waals surface area contributed by atoms with Gasteiger partial charge >= 0.3 is 12.1 Å². The van der Waals surface area contributed by atoms with Crippen molar-refractivity contribution in [1.82, 2.24) is 20.4 Å². The maximum absolute atomic E-state index is 12.2. The van der Waals surface area contributed by atoms with Crippen LogP contribution in [0.2, 0.25) is 0 Å². The van der Waals surface area contributed by atoms with E-state index in [9.17, 15) is 9.59 Å². The SMILES string of the molecule is Cl.Cl.O=C(CCCC1CCNCC1)OC(=O)N1CCN(C2CCNCC2)CC1. The fraction of sp³-hybridized carbons (Fsp3) is 0.895. The first-order chi connectivity index (χ1) is 12.7. The van der Waals surface area contributed by atoms with Gasteiger partial charge in [-0.2, -0.15) is 0 Å². The van der Waals surface area contributed by atoms with E-state index in [1.54, 1.807) is 4.90 Å². The molecule has 0 spiro atoms. The zero-order valence-electron chi connectivity index (χ0n) is 16.7. The Balaban J connectivity index is 0.00000196. The Hall–Kier alpha value is -0.600. The summed E-state index contributed by atoms with van der Waals surface area (Å²) >= 11 is 0. The molecule has 28 heavy (non-hydrogen) atoms. The van der Waals surface area contributed by atoms with Crippen LogP contribution < -0.4 is 10.6 Å². The molecule has 0 aliphatic carbocycles. The Labute approximate surface area is 181 Å². The molecule has 3 aliphatic heterocycles. The second kappa shape index (κ2) is 13.6. The predicted octanol–water partition coefficient (Wildman–Crippen LogP) is 2.03. The lowest BCUT2D eigenvalue weighted by atomic mass is 9.92. The summed E-state index contributed by atoms with van der Waals surface area (Å²) in [7, 11) is 0. The maximum atomic E-state index is 12.2. The van der Waals surface area contributed by atoms with Crippen LogP contribution in [0.4, 0.5) is 4.79 Å². The first-order valence-electron chi connectivity index (χ1n) is 10.4. The number of halogens is 2. The molecule has 0 aromatic rings. The van der Waals surface area contributed by atoms with Gasteiger partial charge in [-0.3, -0.25) is 9.69 Å². The van der Waals surface area contributed by atoms with E-state index >= 15 is 0 Å². The van der Waals surface area contributed by atoms with E-state index in [0.717, 1.165) is 52.1 Å². The van der Waals surface area contributed by atoms with Crippen molar-refractivity contribution in [3.8, 4) is 0 Å². The number of amides is 1. The van der Waals surface area contributed by atoms with Gasteiger partial charge in [0.05, 0.1) is 0 Å². The van der Waals surface area contributed by atoms with Crippen LogP contribution in [-0.2, 0) is 9.53 Å². The van der Waals surface area contributed by atoms with Crippen LogP contribution >= 0.6 is 24.8 Å². The number of carbonyl (C=O) groups is 2. The zero-order valence-corrected chi connectivity index (χ0v) is 18.3. The van der Waals surface area contributed by atoms with Crippen molar-refractivity contribution >= 4 is 36.9 Å². The van der Waals surface area contributed by atoms with Crippen molar-refractivity contribution in [2.45, 2.75) is 51.0 Å². The fourth-order valence-electron chi connectivity index (χ4n) is 4.36. The second-order valence-electron chi connectivity index (χ2n) is 7.83. The van der Waals surface area contributed by atoms with E-state index < -0.39 is 6.09 Å². The van der Waals surface area contributed by atoms with Crippen molar-refractivity contribution in [3.63, 3.8) is 0 Å². The van der Waals surface area contributed by atoms with E-state index in [2.05, 4.69) is 15.5 Å². The maximum Gasteiger partial charge on any atom is 0.417 e. The van der Waals surface area contributed by atoms with Crippen molar-refractivity contribution in [2.24, 2.45) is 5.92 Å². The van der Waals surface area contributed by atoms with E-state index in [-0.39, 0.29) is 30.8 Å². The van der Waals surface area contributed by atoms with Gasteiger partial charge < -0.3 is 20.3 Å². The standard InChI is InChI=1S/C19H34N4O3.2ClH/c24-18(3-1-2-16-4-8-20-9-5-16)26-19(25)23-14-12-22(13-15-23)17-6-10-21-11-7-17;;/h16-17,20-21H,1-15H2;2*1H. The molecule has 0 atom stereocenters. The lowest BCUT2D eigenvalue weighted by molar-refractivity contribution is -0.138. The van der Waals surface area contributed by atoms with E-state index in [0.29, 0.717) is 31.5 Å². The van der Waals surface area contributed by atoms with Crippen molar-refractivity contribution in [3.05, 3.63) is 0 Å². The van der Waals surface area contributed by atoms with Gasteiger partial charge in [0, 0.05) is 38.6 Å². The smallest absolute Gasteiger partial charge is 0.376 e. The molecular weight excluding hydrogens is 403 g/mol. The molecular formula is C19H36Cl2N4O3. The van der Waals surface area contributed by atoms with Gasteiger partial charge in [-0.1, -0.05) is 0 Å². The Morgan fingerprint density at radius 3 is 2.04 bits per heavy atom. The molecule has 3 rings (SSSR count). The molecule has 0 bridgehead atoms. The number of piperidine rings is 2. The van der Waals surface area contributed by atoms with Crippen LogP contribution in [-0.4, -0.2) is 80.3 Å². The van der Waals surface area contributed by atoms with Crippen LogP contribution in [0.1, 0.15) is 44.9 Å². The Morgan fingerprint density at radius 2 is 1.43 bits per heavy atom. The summed E-state index contributed by atoms with van der Waals surface area (Å²) in [4.78, 5) is 28.3. The van der Waals surface area contributed by atoms with Crippen LogP contribution in [0.5, 0.6) is 0 Å². The summed E-state index contributed by atoms with van der Waals surface area (Å²) in [5.74, 6) is 0.340. The minimum absolute atomic E-state index is 0. The Bertz CT molecular complexity index is 464. The highest BCUT2D eigenvalue weighted by atomic mass is 35.5. The molecule has 164 valence electrons. The highest BCUT2D eigenvalue weighted by Crippen LogP contribution is 2.19. The topological polar surface area (TPSA) is 73.9 Å². The summed E-state index contributed by atoms with van der Waals surface area (Å²) in [5.41, 5.74) is 0. The van der Waals surface area contributed by atoms with Crippen molar-refractivity contribution in [2.75, 3.05) is 52.4 Å². The summed E-state index contributed by atoms with van der Waals surface area (Å²) in [5, 5.41) is 6.74. The monoisotopic (exact) mass is 438 g/mol. The van der Waals surface area contributed by atoms with E-state index in [4.69, 9.17) is 4.74 Å². The average molecular weight is 439 g/mol. The molecule has 0 saturated carbocycles. The lowest BCUT2D eigenvalue weighted by Gasteiger charge is -2.40. The molecule has 0 radical (unpaired) electrons. The average Bonchev–Trinajstić information content (AvgIpc) is 2.69. The van der Waals surface area contributed by atoms with Crippen LogP contribution in [0.3, 0.4) is 0 Å². The van der Waals surface area contributed by atoms with Gasteiger partial charge in [0.2, 0.25) is 0 Å². The molecule has 2 N–H and O–H groups in total. The van der Waals surface area contributed by atoms with Crippen molar-refractivity contribution in [1.29, 1.82) is 0 Å². The summed E-state index contributed by atoms with van der Waals surface area (Å²) in [6.45, 7) is 7.40. The third-order valence-electron chi connectivity index (χ3n) is 6.05. The zero-order chi connectivity index (χ0) is 18.2. The first-order valence-corrected chi connectivity index (χ1v) is 10.4. The third kappa shape index (κ3) is 8.03. The quantitative estimate of drug-likeness (QED) is 0.505. The first kappa shape index (κ1) is 25.4. The van der Waals surface area contributed by atoms with Crippen LogP contribution in [0.25, 0.3) is 0 Å². The molecule has 0 aromatic carbocycles. The van der Waals surface area contributed by atoms with Gasteiger partial charge in [-0.25, -0.2) is 4.79 Å². The molecule has 3 fully saturated rings.